The first-order valence-electron chi connectivity index (χ1n) is 6.70. The number of hydrogen-bond acceptors (Lipinski definition) is 3. The minimum atomic E-state index is -0.251. The molecule has 0 spiro atoms. The lowest BCUT2D eigenvalue weighted by molar-refractivity contribution is -0.137. The van der Waals surface area contributed by atoms with Crippen molar-refractivity contribution < 1.29 is 9.53 Å². The summed E-state index contributed by atoms with van der Waals surface area (Å²) < 4.78 is 5.13. The number of ether oxygens (including phenoxy) is 1. The molecule has 0 aromatic heterocycles. The highest BCUT2D eigenvalue weighted by molar-refractivity contribution is 5.94. The maximum atomic E-state index is 11.6. The van der Waals surface area contributed by atoms with Crippen LogP contribution in [-0.2, 0) is 9.53 Å². The Hall–Kier alpha value is -1.51. The lowest BCUT2D eigenvalue weighted by atomic mass is 10.2. The molecule has 0 saturated carbocycles. The highest BCUT2D eigenvalue weighted by Crippen LogP contribution is 2.17. The molecule has 1 aliphatic carbocycles. The summed E-state index contributed by atoms with van der Waals surface area (Å²) in [6, 6.07) is 0. The van der Waals surface area contributed by atoms with Crippen molar-refractivity contribution in [3.63, 3.8) is 0 Å². The molecular weight excluding hydrogens is 226 g/mol. The lowest BCUT2D eigenvalue weighted by Crippen LogP contribution is -2.15. The molecule has 1 aliphatic rings. The molecule has 102 valence electrons. The Kier molecular flexibility index (Phi) is 9.74. The highest BCUT2D eigenvalue weighted by atomic mass is 16.5. The Morgan fingerprint density at radius 2 is 2.11 bits per heavy atom. The van der Waals surface area contributed by atoms with Crippen LogP contribution in [0.15, 0.2) is 35.6 Å². The van der Waals surface area contributed by atoms with Gasteiger partial charge in [-0.25, -0.2) is 4.79 Å². The Morgan fingerprint density at radius 1 is 1.39 bits per heavy atom. The minimum absolute atomic E-state index is 0.251. The Labute approximate surface area is 111 Å². The van der Waals surface area contributed by atoms with E-state index in [0.717, 1.165) is 25.0 Å². The van der Waals surface area contributed by atoms with E-state index in [9.17, 15) is 4.79 Å². The average molecular weight is 251 g/mol. The third-order valence-corrected chi connectivity index (χ3v) is 2.36. The smallest absolute Gasteiger partial charge is 0.340 e. The van der Waals surface area contributed by atoms with Crippen molar-refractivity contribution in [2.24, 2.45) is 0 Å². The monoisotopic (exact) mass is 251 g/mol. The zero-order valence-electron chi connectivity index (χ0n) is 12.0. The van der Waals surface area contributed by atoms with Crippen LogP contribution >= 0.6 is 0 Å². The van der Waals surface area contributed by atoms with Gasteiger partial charge in [0.2, 0.25) is 0 Å². The second-order valence-corrected chi connectivity index (χ2v) is 3.58. The number of carbonyl (C=O) groups excluding carboxylic acids is 1. The summed E-state index contributed by atoms with van der Waals surface area (Å²) in [4.78, 5) is 11.6. The van der Waals surface area contributed by atoms with Gasteiger partial charge >= 0.3 is 5.97 Å². The second kappa shape index (κ2) is 10.6. The van der Waals surface area contributed by atoms with E-state index in [0.29, 0.717) is 12.2 Å². The van der Waals surface area contributed by atoms with E-state index in [2.05, 4.69) is 12.2 Å². The number of allylic oxidation sites excluding steroid dienone is 3. The fourth-order valence-electron chi connectivity index (χ4n) is 1.50. The molecule has 0 radical (unpaired) electrons. The quantitative estimate of drug-likeness (QED) is 0.581. The van der Waals surface area contributed by atoms with Gasteiger partial charge in [-0.15, -0.1) is 0 Å². The summed E-state index contributed by atoms with van der Waals surface area (Å²) in [5.74, 6) is -0.251. The zero-order valence-corrected chi connectivity index (χ0v) is 12.0. The van der Waals surface area contributed by atoms with Gasteiger partial charge in [0.15, 0.2) is 0 Å². The molecule has 0 aliphatic heterocycles. The molecule has 0 aromatic rings. The Bertz CT molecular complexity index is 327. The maximum Gasteiger partial charge on any atom is 0.340 e. The van der Waals surface area contributed by atoms with Crippen LogP contribution in [0.2, 0.25) is 0 Å². The minimum Gasteiger partial charge on any atom is -0.458 e. The molecule has 1 rings (SSSR count). The zero-order chi connectivity index (χ0) is 13.8. The van der Waals surface area contributed by atoms with Crippen molar-refractivity contribution >= 4 is 5.97 Å². The van der Waals surface area contributed by atoms with Crippen molar-refractivity contribution in [1.82, 2.24) is 5.32 Å². The van der Waals surface area contributed by atoms with Crippen LogP contribution in [0.4, 0.5) is 0 Å². The van der Waals surface area contributed by atoms with Gasteiger partial charge in [0.05, 0.1) is 5.57 Å². The number of likely N-dealkylation sites (N-methyl/N-ethyl adjacent to an activating group) is 1. The van der Waals surface area contributed by atoms with E-state index in [1.165, 1.54) is 0 Å². The van der Waals surface area contributed by atoms with E-state index < -0.39 is 0 Å². The van der Waals surface area contributed by atoms with Crippen molar-refractivity contribution in [2.75, 3.05) is 13.7 Å². The molecule has 0 atom stereocenters. The van der Waals surface area contributed by atoms with E-state index in [1.54, 1.807) is 7.05 Å². The van der Waals surface area contributed by atoms with Crippen LogP contribution in [-0.4, -0.2) is 19.6 Å². The van der Waals surface area contributed by atoms with Crippen LogP contribution in [0.3, 0.4) is 0 Å². The molecule has 0 bridgehead atoms. The summed E-state index contributed by atoms with van der Waals surface area (Å²) in [5, 5.41) is 2.98. The number of unbranched alkanes of at least 4 members (excludes halogenated alkanes) is 1. The third-order valence-electron chi connectivity index (χ3n) is 2.36. The molecule has 0 heterocycles. The predicted octanol–water partition coefficient (Wildman–Crippen LogP) is 3.35. The second-order valence-electron chi connectivity index (χ2n) is 3.58. The van der Waals surface area contributed by atoms with Crippen LogP contribution in [0.25, 0.3) is 0 Å². The number of carbonyl (C=O) groups is 1. The van der Waals surface area contributed by atoms with Crippen molar-refractivity contribution in [3.8, 4) is 0 Å². The molecule has 0 saturated heterocycles. The summed E-state index contributed by atoms with van der Waals surface area (Å²) in [6.07, 6.45) is 10.7. The van der Waals surface area contributed by atoms with Gasteiger partial charge in [-0.05, 0) is 12.8 Å². The third kappa shape index (κ3) is 5.71. The highest BCUT2D eigenvalue weighted by Gasteiger charge is 2.17. The van der Waals surface area contributed by atoms with Gasteiger partial charge in [-0.1, -0.05) is 51.5 Å². The summed E-state index contributed by atoms with van der Waals surface area (Å²) >= 11 is 0. The maximum absolute atomic E-state index is 11.6. The normalized spacial score (nSPS) is 13.6. The first-order valence-corrected chi connectivity index (χ1v) is 6.70. The summed E-state index contributed by atoms with van der Waals surface area (Å²) in [5.41, 5.74) is 1.51. The predicted molar refractivity (Wildman–Crippen MR) is 76.2 cm³/mol. The topological polar surface area (TPSA) is 38.3 Å². The first-order chi connectivity index (χ1) is 8.79. The molecule has 0 aromatic carbocycles. The van der Waals surface area contributed by atoms with Gasteiger partial charge < -0.3 is 10.1 Å². The van der Waals surface area contributed by atoms with Gasteiger partial charge in [0, 0.05) is 12.7 Å². The van der Waals surface area contributed by atoms with Gasteiger partial charge in [-0.2, -0.15) is 0 Å². The fourth-order valence-corrected chi connectivity index (χ4v) is 1.50. The number of hydrogen-bond donors (Lipinski definition) is 1. The molecule has 1 N–H and O–H groups in total. The largest absolute Gasteiger partial charge is 0.458 e. The first kappa shape index (κ1) is 16.5. The molecule has 3 heteroatoms. The van der Waals surface area contributed by atoms with Crippen LogP contribution in [0.5, 0.6) is 0 Å². The van der Waals surface area contributed by atoms with Gasteiger partial charge in [0.25, 0.3) is 0 Å². The molecule has 0 fully saturated rings. The van der Waals surface area contributed by atoms with E-state index >= 15 is 0 Å². The Balaban J connectivity index is 0.00000137. The summed E-state index contributed by atoms with van der Waals surface area (Å²) in [6.45, 7) is 6.47. The summed E-state index contributed by atoms with van der Waals surface area (Å²) in [7, 11) is 1.80. The van der Waals surface area contributed by atoms with Crippen LogP contribution in [0.1, 0.15) is 40.0 Å². The molecule has 18 heavy (non-hydrogen) atoms. The van der Waals surface area contributed by atoms with Crippen molar-refractivity contribution in [3.05, 3.63) is 35.6 Å². The van der Waals surface area contributed by atoms with Crippen molar-refractivity contribution in [2.45, 2.75) is 40.0 Å². The molecule has 0 amide bonds. The average Bonchev–Trinajstić information content (AvgIpc) is 2.89. The van der Waals surface area contributed by atoms with Gasteiger partial charge in [-0.3, -0.25) is 0 Å². The van der Waals surface area contributed by atoms with E-state index in [-0.39, 0.29) is 5.97 Å². The van der Waals surface area contributed by atoms with E-state index in [1.807, 2.05) is 38.2 Å². The number of nitrogens with one attached hydrogen (secondary N) is 1. The fraction of sp³-hybridized carbons (Fsp3) is 0.533. The standard InChI is InChI=1S/C13H19NO2.C2H6/c1-3-4-5-6-10-16-13(15)11-8-7-9-12(11)14-2;1-2/h5-6,8-9,14H,3-4,7,10H2,1-2H3;1-2H3/b6-5+;. The van der Waals surface area contributed by atoms with Crippen LogP contribution in [0, 0.1) is 0 Å². The van der Waals surface area contributed by atoms with Crippen molar-refractivity contribution in [1.29, 1.82) is 0 Å². The van der Waals surface area contributed by atoms with Gasteiger partial charge in [0.1, 0.15) is 6.61 Å². The Morgan fingerprint density at radius 3 is 2.72 bits per heavy atom. The molecule has 3 nitrogen and oxygen atoms in total. The molecule has 0 unspecified atom stereocenters. The SMILES string of the molecule is CC.CCC/C=C/COC(=O)C1=CCC=C1NC. The molecular formula is C15H25NO2. The number of rotatable bonds is 6. The van der Waals surface area contributed by atoms with Crippen LogP contribution < -0.4 is 5.32 Å². The number of esters is 1. The van der Waals surface area contributed by atoms with E-state index in [4.69, 9.17) is 4.74 Å². The lowest BCUT2D eigenvalue weighted by Gasteiger charge is -2.06.